The van der Waals surface area contributed by atoms with Gasteiger partial charge in [0.15, 0.2) is 5.82 Å². The summed E-state index contributed by atoms with van der Waals surface area (Å²) in [4.78, 5) is 16.1. The van der Waals surface area contributed by atoms with E-state index in [0.717, 1.165) is 5.69 Å². The molecule has 0 aliphatic heterocycles. The number of carbonyl (C=O) groups excluding carboxylic acids is 1. The van der Waals surface area contributed by atoms with Crippen LogP contribution in [-0.4, -0.2) is 23.1 Å². The number of aromatic nitrogens is 2. The Balaban J connectivity index is 2.21. The predicted molar refractivity (Wildman–Crippen MR) is 63.0 cm³/mol. The molecule has 2 aromatic rings. The van der Waals surface area contributed by atoms with Crippen molar-refractivity contribution < 1.29 is 9.32 Å². The Morgan fingerprint density at radius 1 is 1.35 bits per heavy atom. The number of rotatable bonds is 3. The lowest BCUT2D eigenvalue weighted by Gasteiger charge is -2.05. The first-order valence-corrected chi connectivity index (χ1v) is 5.07. The van der Waals surface area contributed by atoms with Gasteiger partial charge in [-0.1, -0.05) is 5.16 Å². The van der Waals surface area contributed by atoms with Gasteiger partial charge in [-0.05, 0) is 19.1 Å². The van der Waals surface area contributed by atoms with Crippen LogP contribution in [0.2, 0.25) is 0 Å². The first-order valence-electron chi connectivity index (χ1n) is 5.07. The summed E-state index contributed by atoms with van der Waals surface area (Å²) in [6.07, 6.45) is 1.40. The quantitative estimate of drug-likeness (QED) is 0.841. The van der Waals surface area contributed by atoms with E-state index in [1.165, 1.54) is 6.26 Å². The van der Waals surface area contributed by atoms with Gasteiger partial charge in [0, 0.05) is 24.4 Å². The molecule has 2 aromatic heterocycles. The summed E-state index contributed by atoms with van der Waals surface area (Å²) < 4.78 is 4.63. The number of aryl methyl sites for hydroxylation is 1. The molecule has 17 heavy (non-hydrogen) atoms. The smallest absolute Gasteiger partial charge is 0.257 e. The summed E-state index contributed by atoms with van der Waals surface area (Å²) in [5.41, 5.74) is 1.28. The second-order valence-electron chi connectivity index (χ2n) is 3.47. The first kappa shape index (κ1) is 11.1. The van der Waals surface area contributed by atoms with E-state index in [2.05, 4.69) is 25.3 Å². The van der Waals surface area contributed by atoms with E-state index in [0.29, 0.717) is 17.2 Å². The number of nitrogens with one attached hydrogen (secondary N) is 2. The van der Waals surface area contributed by atoms with Gasteiger partial charge in [0.25, 0.3) is 5.91 Å². The molecule has 2 rings (SSSR count). The van der Waals surface area contributed by atoms with Gasteiger partial charge in [-0.15, -0.1) is 0 Å². The molecule has 2 heterocycles. The summed E-state index contributed by atoms with van der Waals surface area (Å²) in [6.45, 7) is 1.83. The zero-order chi connectivity index (χ0) is 12.3. The average Bonchev–Trinajstić information content (AvgIpc) is 2.81. The molecule has 0 bridgehead atoms. The molecule has 0 saturated heterocycles. The van der Waals surface area contributed by atoms with E-state index in [1.54, 1.807) is 25.2 Å². The van der Waals surface area contributed by atoms with Gasteiger partial charge in [-0.2, -0.15) is 0 Å². The molecule has 1 amide bonds. The van der Waals surface area contributed by atoms with E-state index in [4.69, 9.17) is 0 Å². The SMILES string of the molecule is CNc1cc(C(=O)Nc2ccon2)cc(C)n1. The van der Waals surface area contributed by atoms with Gasteiger partial charge in [-0.25, -0.2) is 4.98 Å². The number of pyridine rings is 1. The van der Waals surface area contributed by atoms with Crippen LogP contribution in [0, 0.1) is 6.92 Å². The average molecular weight is 232 g/mol. The highest BCUT2D eigenvalue weighted by molar-refractivity contribution is 6.04. The largest absolute Gasteiger partial charge is 0.373 e. The third kappa shape index (κ3) is 2.60. The number of anilines is 2. The highest BCUT2D eigenvalue weighted by Crippen LogP contribution is 2.11. The maximum Gasteiger partial charge on any atom is 0.257 e. The van der Waals surface area contributed by atoms with Crippen LogP contribution in [0.25, 0.3) is 0 Å². The lowest BCUT2D eigenvalue weighted by atomic mass is 10.2. The van der Waals surface area contributed by atoms with Crippen LogP contribution >= 0.6 is 0 Å². The fourth-order valence-electron chi connectivity index (χ4n) is 1.39. The molecule has 0 saturated carbocycles. The molecule has 0 atom stereocenters. The molecule has 0 fully saturated rings. The van der Waals surface area contributed by atoms with Crippen molar-refractivity contribution in [2.75, 3.05) is 17.7 Å². The molecule has 0 spiro atoms. The maximum absolute atomic E-state index is 11.9. The van der Waals surface area contributed by atoms with Gasteiger partial charge in [-0.3, -0.25) is 4.79 Å². The van der Waals surface area contributed by atoms with Crippen molar-refractivity contribution >= 4 is 17.5 Å². The molecule has 2 N–H and O–H groups in total. The molecule has 6 nitrogen and oxygen atoms in total. The van der Waals surface area contributed by atoms with Crippen molar-refractivity contribution in [2.24, 2.45) is 0 Å². The van der Waals surface area contributed by atoms with Crippen LogP contribution in [-0.2, 0) is 0 Å². The fourth-order valence-corrected chi connectivity index (χ4v) is 1.39. The molecular formula is C11H12N4O2. The molecule has 0 radical (unpaired) electrons. The fraction of sp³-hybridized carbons (Fsp3) is 0.182. The van der Waals surface area contributed by atoms with E-state index in [1.807, 2.05) is 6.92 Å². The summed E-state index contributed by atoms with van der Waals surface area (Å²) in [7, 11) is 1.75. The van der Waals surface area contributed by atoms with Gasteiger partial charge >= 0.3 is 0 Å². The lowest BCUT2D eigenvalue weighted by molar-refractivity contribution is 0.102. The van der Waals surface area contributed by atoms with Crippen molar-refractivity contribution in [3.05, 3.63) is 35.7 Å². The molecule has 0 aliphatic rings. The van der Waals surface area contributed by atoms with Crippen molar-refractivity contribution in [3.63, 3.8) is 0 Å². The Morgan fingerprint density at radius 3 is 2.82 bits per heavy atom. The van der Waals surface area contributed by atoms with E-state index in [9.17, 15) is 4.79 Å². The minimum Gasteiger partial charge on any atom is -0.373 e. The van der Waals surface area contributed by atoms with E-state index >= 15 is 0 Å². The van der Waals surface area contributed by atoms with Gasteiger partial charge in [0.1, 0.15) is 12.1 Å². The van der Waals surface area contributed by atoms with Crippen LogP contribution in [0.1, 0.15) is 16.1 Å². The minimum absolute atomic E-state index is 0.249. The Labute approximate surface area is 98.0 Å². The lowest BCUT2D eigenvalue weighted by Crippen LogP contribution is -2.13. The maximum atomic E-state index is 11.9. The molecule has 0 unspecified atom stereocenters. The van der Waals surface area contributed by atoms with Crippen molar-refractivity contribution in [1.82, 2.24) is 10.1 Å². The highest BCUT2D eigenvalue weighted by Gasteiger charge is 2.09. The second kappa shape index (κ2) is 4.65. The molecular weight excluding hydrogens is 220 g/mol. The minimum atomic E-state index is -0.249. The monoisotopic (exact) mass is 232 g/mol. The topological polar surface area (TPSA) is 80.0 Å². The summed E-state index contributed by atoms with van der Waals surface area (Å²) >= 11 is 0. The zero-order valence-electron chi connectivity index (χ0n) is 9.52. The summed E-state index contributed by atoms with van der Waals surface area (Å²) in [6, 6.07) is 4.95. The van der Waals surface area contributed by atoms with Gasteiger partial charge < -0.3 is 15.2 Å². The third-order valence-electron chi connectivity index (χ3n) is 2.15. The van der Waals surface area contributed by atoms with E-state index < -0.39 is 0 Å². The number of nitrogens with zero attached hydrogens (tertiary/aromatic N) is 2. The van der Waals surface area contributed by atoms with Crippen LogP contribution < -0.4 is 10.6 Å². The van der Waals surface area contributed by atoms with E-state index in [-0.39, 0.29) is 5.91 Å². The highest BCUT2D eigenvalue weighted by atomic mass is 16.5. The van der Waals surface area contributed by atoms with Crippen molar-refractivity contribution in [3.8, 4) is 0 Å². The molecule has 0 aliphatic carbocycles. The third-order valence-corrected chi connectivity index (χ3v) is 2.15. The molecule has 6 heteroatoms. The van der Waals surface area contributed by atoms with Crippen LogP contribution in [0.15, 0.2) is 29.0 Å². The second-order valence-corrected chi connectivity index (χ2v) is 3.47. The normalized spacial score (nSPS) is 10.0. The predicted octanol–water partition coefficient (Wildman–Crippen LogP) is 1.67. The number of hydrogen-bond acceptors (Lipinski definition) is 5. The summed E-state index contributed by atoms with van der Waals surface area (Å²) in [5.74, 6) is 0.784. The Kier molecular flexibility index (Phi) is 3.04. The summed E-state index contributed by atoms with van der Waals surface area (Å²) in [5, 5.41) is 9.12. The Hall–Kier alpha value is -2.37. The van der Waals surface area contributed by atoms with Crippen LogP contribution in [0.4, 0.5) is 11.6 Å². The van der Waals surface area contributed by atoms with Gasteiger partial charge in [0.2, 0.25) is 0 Å². The first-order chi connectivity index (χ1) is 8.19. The van der Waals surface area contributed by atoms with Crippen molar-refractivity contribution in [1.29, 1.82) is 0 Å². The molecule has 88 valence electrons. The number of carbonyl (C=O) groups is 1. The Morgan fingerprint density at radius 2 is 2.18 bits per heavy atom. The zero-order valence-corrected chi connectivity index (χ0v) is 9.52. The van der Waals surface area contributed by atoms with Crippen LogP contribution in [0.3, 0.4) is 0 Å². The van der Waals surface area contributed by atoms with Gasteiger partial charge in [0.05, 0.1) is 0 Å². The molecule has 0 aromatic carbocycles. The van der Waals surface area contributed by atoms with Crippen LogP contribution in [0.5, 0.6) is 0 Å². The Bertz CT molecular complexity index is 522. The van der Waals surface area contributed by atoms with Crippen molar-refractivity contribution in [2.45, 2.75) is 6.92 Å². The number of amides is 1. The standard InChI is InChI=1S/C11H12N4O2/c1-7-5-8(6-10(12-2)13-7)11(16)14-9-3-4-17-15-9/h3-6H,1-2H3,(H,12,13)(H,14,15,16). The number of hydrogen-bond donors (Lipinski definition) is 2.